The van der Waals surface area contributed by atoms with E-state index in [4.69, 9.17) is 4.42 Å². The maximum Gasteiger partial charge on any atom is 0.118 e. The van der Waals surface area contributed by atoms with E-state index in [0.29, 0.717) is 5.92 Å². The highest BCUT2D eigenvalue weighted by molar-refractivity contribution is 5.17. The van der Waals surface area contributed by atoms with Gasteiger partial charge in [0, 0.05) is 18.5 Å². The molecule has 3 nitrogen and oxygen atoms in total. The van der Waals surface area contributed by atoms with E-state index in [-0.39, 0.29) is 0 Å². The summed E-state index contributed by atoms with van der Waals surface area (Å²) in [5.74, 6) is 4.78. The molecular weight excluding hydrogens is 260 g/mol. The minimum Gasteiger partial charge on any atom is -0.464 e. The normalized spacial score (nSPS) is 32.6. The van der Waals surface area contributed by atoms with E-state index in [2.05, 4.69) is 29.3 Å². The Bertz CT molecular complexity index is 473. The summed E-state index contributed by atoms with van der Waals surface area (Å²) in [6.45, 7) is 6.99. The van der Waals surface area contributed by atoms with E-state index in [1.54, 1.807) is 0 Å². The smallest absolute Gasteiger partial charge is 0.118 e. The Morgan fingerprint density at radius 1 is 1.29 bits per heavy atom. The topological polar surface area (TPSA) is 28.4 Å². The Morgan fingerprint density at radius 3 is 2.81 bits per heavy atom. The first-order valence-electron chi connectivity index (χ1n) is 8.83. The number of rotatable bonds is 6. The van der Waals surface area contributed by atoms with E-state index in [9.17, 15) is 0 Å². The molecule has 1 N–H and O–H groups in total. The van der Waals surface area contributed by atoms with Crippen molar-refractivity contribution in [3.05, 3.63) is 23.7 Å². The Kier molecular flexibility index (Phi) is 3.80. The van der Waals surface area contributed by atoms with E-state index < -0.39 is 0 Å². The molecule has 3 fully saturated rings. The van der Waals surface area contributed by atoms with Crippen molar-refractivity contribution in [1.82, 2.24) is 10.2 Å². The van der Waals surface area contributed by atoms with Crippen LogP contribution >= 0.6 is 0 Å². The summed E-state index contributed by atoms with van der Waals surface area (Å²) < 4.78 is 6.12. The van der Waals surface area contributed by atoms with Crippen molar-refractivity contribution in [1.29, 1.82) is 0 Å². The summed E-state index contributed by atoms with van der Waals surface area (Å²) in [5.41, 5.74) is 0. The van der Waals surface area contributed by atoms with Crippen LogP contribution in [0.4, 0.5) is 0 Å². The molecule has 1 saturated heterocycles. The Morgan fingerprint density at radius 2 is 2.14 bits per heavy atom. The molecule has 3 atom stereocenters. The lowest BCUT2D eigenvalue weighted by Gasteiger charge is -2.29. The molecule has 1 aliphatic heterocycles. The second-order valence-electron chi connectivity index (χ2n) is 7.50. The van der Waals surface area contributed by atoms with Gasteiger partial charge >= 0.3 is 0 Å². The minimum atomic E-state index is 0.704. The van der Waals surface area contributed by atoms with E-state index in [0.717, 1.165) is 24.4 Å². The Labute approximate surface area is 128 Å². The first-order valence-corrected chi connectivity index (χ1v) is 8.83. The molecule has 1 aromatic heterocycles. The summed E-state index contributed by atoms with van der Waals surface area (Å²) in [5, 5.41) is 3.55. The summed E-state index contributed by atoms with van der Waals surface area (Å²) in [7, 11) is 0. The van der Waals surface area contributed by atoms with Crippen LogP contribution in [0.25, 0.3) is 0 Å². The van der Waals surface area contributed by atoms with Crippen molar-refractivity contribution in [3.8, 4) is 0 Å². The third-order valence-electron chi connectivity index (χ3n) is 5.47. The summed E-state index contributed by atoms with van der Waals surface area (Å²) in [6, 6.07) is 5.26. The van der Waals surface area contributed by atoms with Crippen LogP contribution in [0.5, 0.6) is 0 Å². The van der Waals surface area contributed by atoms with Gasteiger partial charge in [-0.2, -0.15) is 0 Å². The summed E-state index contributed by atoms with van der Waals surface area (Å²) in [4.78, 5) is 2.68. The maximum atomic E-state index is 6.12. The van der Waals surface area contributed by atoms with E-state index in [1.165, 1.54) is 63.3 Å². The largest absolute Gasteiger partial charge is 0.464 e. The summed E-state index contributed by atoms with van der Waals surface area (Å²) in [6.07, 6.45) is 6.81. The van der Waals surface area contributed by atoms with Gasteiger partial charge in [0.15, 0.2) is 0 Å². The molecule has 3 aliphatic rings. The Hall–Kier alpha value is -0.800. The van der Waals surface area contributed by atoms with Gasteiger partial charge in [-0.05, 0) is 69.2 Å². The zero-order valence-corrected chi connectivity index (χ0v) is 13.2. The first-order chi connectivity index (χ1) is 10.3. The number of hydrogen-bond acceptors (Lipinski definition) is 3. The van der Waals surface area contributed by atoms with Gasteiger partial charge in [0.25, 0.3) is 0 Å². The lowest BCUT2D eigenvalue weighted by Crippen LogP contribution is -2.38. The van der Waals surface area contributed by atoms with Crippen molar-refractivity contribution in [2.24, 2.45) is 11.8 Å². The van der Waals surface area contributed by atoms with Crippen molar-refractivity contribution < 1.29 is 4.42 Å². The molecule has 21 heavy (non-hydrogen) atoms. The van der Waals surface area contributed by atoms with Gasteiger partial charge in [-0.25, -0.2) is 0 Å². The van der Waals surface area contributed by atoms with Crippen LogP contribution in [0.2, 0.25) is 0 Å². The SMILES string of the molecule is CC1CC1c1ccc(CN(CC2CCCNC2)C2CC2)o1. The highest BCUT2D eigenvalue weighted by Gasteiger charge is 2.37. The molecule has 2 saturated carbocycles. The van der Waals surface area contributed by atoms with Gasteiger partial charge in [-0.15, -0.1) is 0 Å². The fourth-order valence-electron chi connectivity index (χ4n) is 3.79. The zero-order chi connectivity index (χ0) is 14.2. The molecule has 3 heteroatoms. The lowest BCUT2D eigenvalue weighted by atomic mass is 9.99. The molecule has 2 heterocycles. The van der Waals surface area contributed by atoms with Crippen LogP contribution in [-0.2, 0) is 6.54 Å². The van der Waals surface area contributed by atoms with Crippen molar-refractivity contribution in [2.45, 2.75) is 57.5 Å². The van der Waals surface area contributed by atoms with Gasteiger partial charge in [0.05, 0.1) is 6.54 Å². The van der Waals surface area contributed by atoms with Crippen LogP contribution in [0.1, 0.15) is 56.5 Å². The average molecular weight is 288 g/mol. The summed E-state index contributed by atoms with van der Waals surface area (Å²) >= 11 is 0. The van der Waals surface area contributed by atoms with Crippen molar-refractivity contribution >= 4 is 0 Å². The molecule has 2 aliphatic carbocycles. The molecule has 0 spiro atoms. The number of piperidine rings is 1. The third-order valence-corrected chi connectivity index (χ3v) is 5.47. The van der Waals surface area contributed by atoms with Gasteiger partial charge in [0.2, 0.25) is 0 Å². The van der Waals surface area contributed by atoms with Crippen molar-refractivity contribution in [3.63, 3.8) is 0 Å². The first kappa shape index (κ1) is 13.8. The highest BCUT2D eigenvalue weighted by atomic mass is 16.3. The second kappa shape index (κ2) is 5.77. The molecular formula is C18H28N2O. The Balaban J connectivity index is 1.36. The van der Waals surface area contributed by atoms with E-state index in [1.807, 2.05) is 0 Å². The molecule has 4 rings (SSSR count). The quantitative estimate of drug-likeness (QED) is 0.870. The number of furan rings is 1. The van der Waals surface area contributed by atoms with Gasteiger partial charge in [0.1, 0.15) is 11.5 Å². The van der Waals surface area contributed by atoms with E-state index >= 15 is 0 Å². The number of nitrogens with one attached hydrogen (secondary N) is 1. The van der Waals surface area contributed by atoms with Crippen LogP contribution in [0, 0.1) is 11.8 Å². The van der Waals surface area contributed by atoms with Gasteiger partial charge in [-0.3, -0.25) is 4.90 Å². The van der Waals surface area contributed by atoms with Crippen LogP contribution in [0.3, 0.4) is 0 Å². The highest BCUT2D eigenvalue weighted by Crippen LogP contribution is 2.47. The monoisotopic (exact) mass is 288 g/mol. The molecule has 0 aromatic carbocycles. The standard InChI is InChI=1S/C18H28N2O/c1-13-9-17(13)18-7-6-16(21-18)12-20(15-4-5-15)11-14-3-2-8-19-10-14/h6-7,13-15,17,19H,2-5,8-12H2,1H3. The third kappa shape index (κ3) is 3.35. The number of nitrogens with zero attached hydrogens (tertiary/aromatic N) is 1. The van der Waals surface area contributed by atoms with Crippen LogP contribution < -0.4 is 5.32 Å². The molecule has 0 bridgehead atoms. The minimum absolute atomic E-state index is 0.704. The zero-order valence-electron chi connectivity index (χ0n) is 13.2. The lowest BCUT2D eigenvalue weighted by molar-refractivity contribution is 0.179. The predicted octanol–water partition coefficient (Wildman–Crippen LogP) is 3.37. The fraction of sp³-hybridized carbons (Fsp3) is 0.778. The van der Waals surface area contributed by atoms with Crippen LogP contribution in [0.15, 0.2) is 16.5 Å². The molecule has 0 amide bonds. The molecule has 0 radical (unpaired) electrons. The van der Waals surface area contributed by atoms with Crippen LogP contribution in [-0.4, -0.2) is 30.6 Å². The second-order valence-corrected chi connectivity index (χ2v) is 7.50. The van der Waals surface area contributed by atoms with Gasteiger partial charge < -0.3 is 9.73 Å². The van der Waals surface area contributed by atoms with Crippen molar-refractivity contribution in [2.75, 3.05) is 19.6 Å². The number of hydrogen-bond donors (Lipinski definition) is 1. The fourth-order valence-corrected chi connectivity index (χ4v) is 3.79. The maximum absolute atomic E-state index is 6.12. The predicted molar refractivity (Wildman–Crippen MR) is 84.3 cm³/mol. The molecule has 3 unspecified atom stereocenters. The van der Waals surface area contributed by atoms with Gasteiger partial charge in [-0.1, -0.05) is 6.92 Å². The molecule has 1 aromatic rings. The molecule has 116 valence electrons. The average Bonchev–Trinajstić information content (AvgIpc) is 3.41.